The zero-order chi connectivity index (χ0) is 17.9. The highest BCUT2D eigenvalue weighted by molar-refractivity contribution is 5.26. The van der Waals surface area contributed by atoms with E-state index in [4.69, 9.17) is 0 Å². The van der Waals surface area contributed by atoms with Gasteiger partial charge < -0.3 is 0 Å². The maximum absolute atomic E-state index is 12.8. The molecule has 0 fully saturated rings. The molecule has 0 aliphatic rings. The molecule has 0 amide bonds. The van der Waals surface area contributed by atoms with Crippen molar-refractivity contribution < 1.29 is 13.2 Å². The summed E-state index contributed by atoms with van der Waals surface area (Å²) in [5.41, 5.74) is 0.110. The Morgan fingerprint density at radius 1 is 0.960 bits per heavy atom. The monoisotopic (exact) mass is 345 g/mol. The van der Waals surface area contributed by atoms with Crippen LogP contribution in [0.5, 0.6) is 0 Å². The first kappa shape index (κ1) is 16.9. The molecule has 0 bridgehead atoms. The van der Waals surface area contributed by atoms with E-state index in [1.165, 1.54) is 12.1 Å². The summed E-state index contributed by atoms with van der Waals surface area (Å²) in [5.74, 6) is 0.428. The van der Waals surface area contributed by atoms with Crippen LogP contribution >= 0.6 is 0 Å². The molecule has 1 heterocycles. The number of benzene rings is 2. The summed E-state index contributed by atoms with van der Waals surface area (Å²) in [6.07, 6.45) is -2.85. The third kappa shape index (κ3) is 4.32. The Morgan fingerprint density at radius 3 is 2.40 bits per heavy atom. The van der Waals surface area contributed by atoms with E-state index in [9.17, 15) is 18.0 Å². The summed E-state index contributed by atoms with van der Waals surface area (Å²) in [4.78, 5) is 15.9. The van der Waals surface area contributed by atoms with Crippen LogP contribution in [-0.4, -0.2) is 14.8 Å². The molecule has 0 aliphatic carbocycles. The maximum atomic E-state index is 12.8. The van der Waals surface area contributed by atoms with Crippen LogP contribution in [0.3, 0.4) is 0 Å². The second-order valence-electron chi connectivity index (χ2n) is 5.53. The Labute approximate surface area is 141 Å². The highest BCUT2D eigenvalue weighted by atomic mass is 19.4. The molecule has 2 aromatic carbocycles. The van der Waals surface area contributed by atoms with Crippen molar-refractivity contribution in [3.8, 4) is 0 Å². The van der Waals surface area contributed by atoms with Gasteiger partial charge in [-0.3, -0.25) is 4.79 Å². The second-order valence-corrected chi connectivity index (χ2v) is 5.53. The van der Waals surface area contributed by atoms with Gasteiger partial charge in [0.15, 0.2) is 5.82 Å². The third-order valence-corrected chi connectivity index (χ3v) is 3.61. The number of halogens is 3. The lowest BCUT2D eigenvalue weighted by Crippen LogP contribution is -2.25. The largest absolute Gasteiger partial charge is 0.416 e. The summed E-state index contributed by atoms with van der Waals surface area (Å²) in [5, 5.41) is 4.17. The van der Waals surface area contributed by atoms with Gasteiger partial charge >= 0.3 is 6.18 Å². The van der Waals surface area contributed by atoms with Gasteiger partial charge in [0.2, 0.25) is 0 Å². The zero-order valence-electron chi connectivity index (χ0n) is 13.1. The molecule has 128 valence electrons. The van der Waals surface area contributed by atoms with Crippen molar-refractivity contribution in [2.24, 2.45) is 0 Å². The van der Waals surface area contributed by atoms with Gasteiger partial charge in [-0.2, -0.15) is 18.3 Å². The van der Waals surface area contributed by atoms with Crippen LogP contribution < -0.4 is 5.56 Å². The molecule has 4 nitrogen and oxygen atoms in total. The van der Waals surface area contributed by atoms with Crippen molar-refractivity contribution in [1.29, 1.82) is 0 Å². The average Bonchev–Trinajstić information content (AvgIpc) is 2.58. The molecular formula is C18H14F3N3O. The van der Waals surface area contributed by atoms with Crippen LogP contribution in [0.2, 0.25) is 0 Å². The van der Waals surface area contributed by atoms with Crippen LogP contribution in [0.15, 0.2) is 65.6 Å². The number of alkyl halides is 3. The zero-order valence-corrected chi connectivity index (χ0v) is 13.1. The molecule has 0 N–H and O–H groups in total. The molecule has 0 spiro atoms. The lowest BCUT2D eigenvalue weighted by atomic mass is 10.1. The number of hydrogen-bond acceptors (Lipinski definition) is 3. The topological polar surface area (TPSA) is 47.8 Å². The van der Waals surface area contributed by atoms with Gasteiger partial charge in [0.25, 0.3) is 5.56 Å². The van der Waals surface area contributed by atoms with E-state index in [0.29, 0.717) is 17.8 Å². The fraction of sp³-hybridized carbons (Fsp3) is 0.167. The van der Waals surface area contributed by atoms with E-state index in [-0.39, 0.29) is 6.54 Å². The molecule has 0 radical (unpaired) electrons. The van der Waals surface area contributed by atoms with Crippen LogP contribution in [0, 0.1) is 0 Å². The van der Waals surface area contributed by atoms with Gasteiger partial charge in [-0.1, -0.05) is 42.5 Å². The smallest absolute Gasteiger partial charge is 0.266 e. The van der Waals surface area contributed by atoms with Crippen LogP contribution in [-0.2, 0) is 19.1 Å². The molecule has 7 heteroatoms. The first-order valence-electron chi connectivity index (χ1n) is 7.55. The highest BCUT2D eigenvalue weighted by Gasteiger charge is 2.30. The first-order valence-corrected chi connectivity index (χ1v) is 7.55. The lowest BCUT2D eigenvalue weighted by molar-refractivity contribution is -0.137. The van der Waals surface area contributed by atoms with Gasteiger partial charge in [-0.05, 0) is 23.3 Å². The van der Waals surface area contributed by atoms with Gasteiger partial charge in [0.1, 0.15) is 0 Å². The van der Waals surface area contributed by atoms with Crippen molar-refractivity contribution in [3.63, 3.8) is 0 Å². The Hall–Kier alpha value is -2.96. The van der Waals surface area contributed by atoms with E-state index < -0.39 is 17.3 Å². The molecule has 1 aromatic heterocycles. The van der Waals surface area contributed by atoms with E-state index >= 15 is 0 Å². The summed E-state index contributed by atoms with van der Waals surface area (Å²) in [6.45, 7) is -0.0485. The fourth-order valence-electron chi connectivity index (χ4n) is 2.40. The summed E-state index contributed by atoms with van der Waals surface area (Å²) < 4.78 is 39.5. The van der Waals surface area contributed by atoms with E-state index in [2.05, 4.69) is 10.1 Å². The normalized spacial score (nSPS) is 11.5. The van der Waals surface area contributed by atoms with E-state index in [0.717, 1.165) is 28.6 Å². The minimum Gasteiger partial charge on any atom is -0.266 e. The molecule has 0 atom stereocenters. The van der Waals surface area contributed by atoms with Crippen LogP contribution in [0.4, 0.5) is 13.2 Å². The van der Waals surface area contributed by atoms with Crippen LogP contribution in [0.25, 0.3) is 0 Å². The number of nitrogens with zero attached hydrogens (tertiary/aromatic N) is 3. The average molecular weight is 345 g/mol. The standard InChI is InChI=1S/C18H14F3N3O/c19-18(20,21)15-8-4-7-14(9-15)12-24-17(25)11-22-16(23-24)10-13-5-2-1-3-6-13/h1-9,11H,10,12H2. The molecular weight excluding hydrogens is 331 g/mol. The maximum Gasteiger partial charge on any atom is 0.416 e. The molecule has 0 aliphatic heterocycles. The highest BCUT2D eigenvalue weighted by Crippen LogP contribution is 2.29. The van der Waals surface area contributed by atoms with Gasteiger partial charge in [-0.25, -0.2) is 9.67 Å². The quantitative estimate of drug-likeness (QED) is 0.729. The SMILES string of the molecule is O=c1cnc(Cc2ccccc2)nn1Cc1cccc(C(F)(F)F)c1. The van der Waals surface area contributed by atoms with Crippen LogP contribution in [0.1, 0.15) is 22.5 Å². The van der Waals surface area contributed by atoms with E-state index in [1.807, 2.05) is 30.3 Å². The van der Waals surface area contributed by atoms with Crippen molar-refractivity contribution >= 4 is 0 Å². The number of aromatic nitrogens is 3. The van der Waals surface area contributed by atoms with Crippen molar-refractivity contribution in [3.05, 3.63) is 93.7 Å². The molecule has 3 aromatic rings. The Kier molecular flexibility index (Phi) is 4.65. The molecule has 25 heavy (non-hydrogen) atoms. The lowest BCUT2D eigenvalue weighted by Gasteiger charge is -2.10. The van der Waals surface area contributed by atoms with E-state index in [1.54, 1.807) is 0 Å². The minimum absolute atomic E-state index is 0.0485. The number of rotatable bonds is 4. The Balaban J connectivity index is 1.85. The first-order chi connectivity index (χ1) is 11.9. The predicted octanol–water partition coefficient (Wildman–Crippen LogP) is 3.30. The Morgan fingerprint density at radius 2 is 1.68 bits per heavy atom. The van der Waals surface area contributed by atoms with Gasteiger partial charge in [-0.15, -0.1) is 0 Å². The third-order valence-electron chi connectivity index (χ3n) is 3.61. The summed E-state index contributed by atoms with van der Waals surface area (Å²) in [6, 6.07) is 14.3. The van der Waals surface area contributed by atoms with Gasteiger partial charge in [0, 0.05) is 6.42 Å². The number of hydrogen-bond donors (Lipinski definition) is 0. The predicted molar refractivity (Wildman–Crippen MR) is 86.1 cm³/mol. The van der Waals surface area contributed by atoms with Crippen molar-refractivity contribution in [2.75, 3.05) is 0 Å². The van der Waals surface area contributed by atoms with Gasteiger partial charge in [0.05, 0.1) is 18.3 Å². The van der Waals surface area contributed by atoms with Crippen molar-refractivity contribution in [1.82, 2.24) is 14.8 Å². The molecule has 0 saturated carbocycles. The summed E-state index contributed by atoms with van der Waals surface area (Å²) >= 11 is 0. The molecule has 0 unspecified atom stereocenters. The summed E-state index contributed by atoms with van der Waals surface area (Å²) in [7, 11) is 0. The van der Waals surface area contributed by atoms with Crippen molar-refractivity contribution in [2.45, 2.75) is 19.1 Å². The molecule has 0 saturated heterocycles. The minimum atomic E-state index is -4.43. The fourth-order valence-corrected chi connectivity index (χ4v) is 2.40. The molecule has 3 rings (SSSR count). The Bertz CT molecular complexity index is 921. The second kappa shape index (κ2) is 6.88.